The quantitative estimate of drug-likeness (QED) is 0.713. The van der Waals surface area contributed by atoms with Crippen molar-refractivity contribution in [2.45, 2.75) is 0 Å². The fourth-order valence-electron chi connectivity index (χ4n) is 1.72. The standard InChI is InChI=1S/C14H10IN3/c15-11-6-7-13-10(8-11)9-16-14(18-13)17-12-4-2-1-3-5-12/h1-9H,(H,16,17,18). The van der Waals surface area contributed by atoms with Crippen molar-refractivity contribution in [1.82, 2.24) is 9.97 Å². The van der Waals surface area contributed by atoms with Crippen molar-refractivity contribution in [3.05, 3.63) is 58.3 Å². The molecule has 0 saturated heterocycles. The second kappa shape index (κ2) is 4.89. The summed E-state index contributed by atoms with van der Waals surface area (Å²) in [7, 11) is 0. The Bertz CT molecular complexity index is 683. The number of hydrogen-bond donors (Lipinski definition) is 1. The van der Waals surface area contributed by atoms with Crippen LogP contribution in [0, 0.1) is 3.57 Å². The van der Waals surface area contributed by atoms with Gasteiger partial charge in [-0.25, -0.2) is 9.97 Å². The number of para-hydroxylation sites is 1. The van der Waals surface area contributed by atoms with Crippen LogP contribution >= 0.6 is 22.6 Å². The van der Waals surface area contributed by atoms with Crippen LogP contribution in [-0.4, -0.2) is 9.97 Å². The molecular weight excluding hydrogens is 337 g/mol. The fraction of sp³-hybridized carbons (Fsp3) is 0. The average Bonchev–Trinajstić information content (AvgIpc) is 2.40. The van der Waals surface area contributed by atoms with Gasteiger partial charge in [-0.2, -0.15) is 0 Å². The van der Waals surface area contributed by atoms with E-state index in [1.54, 1.807) is 0 Å². The van der Waals surface area contributed by atoms with Crippen molar-refractivity contribution >= 4 is 45.1 Å². The van der Waals surface area contributed by atoms with E-state index >= 15 is 0 Å². The zero-order valence-electron chi connectivity index (χ0n) is 9.47. The monoisotopic (exact) mass is 347 g/mol. The zero-order chi connectivity index (χ0) is 12.4. The van der Waals surface area contributed by atoms with Crippen LogP contribution < -0.4 is 5.32 Å². The molecule has 0 bridgehead atoms. The van der Waals surface area contributed by atoms with Crippen LogP contribution in [0.2, 0.25) is 0 Å². The number of benzene rings is 2. The molecule has 1 N–H and O–H groups in total. The first kappa shape index (κ1) is 11.4. The van der Waals surface area contributed by atoms with Gasteiger partial charge in [0.1, 0.15) is 0 Å². The van der Waals surface area contributed by atoms with Gasteiger partial charge in [-0.05, 0) is 52.9 Å². The maximum Gasteiger partial charge on any atom is 0.227 e. The van der Waals surface area contributed by atoms with Gasteiger partial charge in [-0.1, -0.05) is 18.2 Å². The molecule has 0 aliphatic heterocycles. The summed E-state index contributed by atoms with van der Waals surface area (Å²) < 4.78 is 1.19. The summed E-state index contributed by atoms with van der Waals surface area (Å²) in [5.41, 5.74) is 1.94. The highest BCUT2D eigenvalue weighted by molar-refractivity contribution is 14.1. The van der Waals surface area contributed by atoms with Crippen LogP contribution in [0.5, 0.6) is 0 Å². The molecule has 3 rings (SSSR count). The third-order valence-electron chi connectivity index (χ3n) is 2.57. The molecule has 2 aromatic carbocycles. The number of nitrogens with zero attached hydrogens (tertiary/aromatic N) is 2. The van der Waals surface area contributed by atoms with Gasteiger partial charge in [0.05, 0.1) is 5.52 Å². The summed E-state index contributed by atoms with van der Waals surface area (Å²) in [6.45, 7) is 0. The first-order chi connectivity index (χ1) is 8.81. The summed E-state index contributed by atoms with van der Waals surface area (Å²) >= 11 is 2.28. The Kier molecular flexibility index (Phi) is 3.10. The lowest BCUT2D eigenvalue weighted by molar-refractivity contribution is 1.21. The van der Waals surface area contributed by atoms with E-state index in [0.29, 0.717) is 5.95 Å². The number of halogens is 1. The predicted octanol–water partition coefficient (Wildman–Crippen LogP) is 3.98. The lowest BCUT2D eigenvalue weighted by Gasteiger charge is -2.05. The summed E-state index contributed by atoms with van der Waals surface area (Å²) in [4.78, 5) is 8.80. The number of anilines is 2. The van der Waals surface area contributed by atoms with Crippen LogP contribution in [0.1, 0.15) is 0 Å². The van der Waals surface area contributed by atoms with E-state index in [1.807, 2.05) is 48.7 Å². The van der Waals surface area contributed by atoms with Crippen molar-refractivity contribution in [2.24, 2.45) is 0 Å². The van der Waals surface area contributed by atoms with Crippen molar-refractivity contribution in [3.63, 3.8) is 0 Å². The molecule has 0 atom stereocenters. The third kappa shape index (κ3) is 2.43. The Morgan fingerprint density at radius 3 is 2.67 bits per heavy atom. The third-order valence-corrected chi connectivity index (χ3v) is 3.24. The Morgan fingerprint density at radius 1 is 1.00 bits per heavy atom. The molecule has 1 aromatic heterocycles. The topological polar surface area (TPSA) is 37.8 Å². The van der Waals surface area contributed by atoms with Gasteiger partial charge in [0.25, 0.3) is 0 Å². The maximum absolute atomic E-state index is 4.49. The highest BCUT2D eigenvalue weighted by Gasteiger charge is 2.00. The predicted molar refractivity (Wildman–Crippen MR) is 82.0 cm³/mol. The Labute approximate surface area is 118 Å². The van der Waals surface area contributed by atoms with Gasteiger partial charge >= 0.3 is 0 Å². The molecule has 1 heterocycles. The molecule has 0 radical (unpaired) electrons. The fourth-order valence-corrected chi connectivity index (χ4v) is 2.23. The Morgan fingerprint density at radius 2 is 1.83 bits per heavy atom. The minimum Gasteiger partial charge on any atom is -0.324 e. The minimum absolute atomic E-state index is 0.620. The first-order valence-electron chi connectivity index (χ1n) is 5.56. The number of fused-ring (bicyclic) bond motifs is 1. The average molecular weight is 347 g/mol. The van der Waals surface area contributed by atoms with Gasteiger partial charge in [0.2, 0.25) is 5.95 Å². The minimum atomic E-state index is 0.620. The number of aromatic nitrogens is 2. The summed E-state index contributed by atoms with van der Waals surface area (Å²) in [5, 5.41) is 4.24. The number of hydrogen-bond acceptors (Lipinski definition) is 3. The van der Waals surface area contributed by atoms with Crippen LogP contribution in [0.4, 0.5) is 11.6 Å². The Hall–Kier alpha value is -1.69. The molecule has 4 heteroatoms. The summed E-state index contributed by atoms with van der Waals surface area (Å²) in [5.74, 6) is 0.620. The van der Waals surface area contributed by atoms with Crippen LogP contribution in [-0.2, 0) is 0 Å². The van der Waals surface area contributed by atoms with Gasteiger partial charge < -0.3 is 5.32 Å². The zero-order valence-corrected chi connectivity index (χ0v) is 11.6. The molecule has 0 amide bonds. The smallest absolute Gasteiger partial charge is 0.227 e. The highest BCUT2D eigenvalue weighted by Crippen LogP contribution is 2.18. The molecule has 3 aromatic rings. The van der Waals surface area contributed by atoms with E-state index in [4.69, 9.17) is 0 Å². The SMILES string of the molecule is Ic1ccc2nc(Nc3ccccc3)ncc2c1. The normalized spacial score (nSPS) is 10.5. The van der Waals surface area contributed by atoms with E-state index in [2.05, 4.69) is 43.9 Å². The molecule has 0 spiro atoms. The molecule has 18 heavy (non-hydrogen) atoms. The van der Waals surface area contributed by atoms with Gasteiger partial charge in [0.15, 0.2) is 0 Å². The van der Waals surface area contributed by atoms with Crippen molar-refractivity contribution in [1.29, 1.82) is 0 Å². The van der Waals surface area contributed by atoms with E-state index in [9.17, 15) is 0 Å². The molecule has 0 aliphatic rings. The summed E-state index contributed by atoms with van der Waals surface area (Å²) in [6, 6.07) is 16.0. The van der Waals surface area contributed by atoms with E-state index in [-0.39, 0.29) is 0 Å². The largest absolute Gasteiger partial charge is 0.324 e. The van der Waals surface area contributed by atoms with Crippen molar-refractivity contribution in [2.75, 3.05) is 5.32 Å². The second-order valence-corrected chi connectivity index (χ2v) is 5.13. The Balaban J connectivity index is 1.96. The molecular formula is C14H10IN3. The lowest BCUT2D eigenvalue weighted by Crippen LogP contribution is -1.96. The molecule has 0 fully saturated rings. The first-order valence-corrected chi connectivity index (χ1v) is 6.63. The van der Waals surface area contributed by atoms with Crippen molar-refractivity contribution < 1.29 is 0 Å². The van der Waals surface area contributed by atoms with Gasteiger partial charge in [0, 0.05) is 20.8 Å². The number of rotatable bonds is 2. The molecule has 0 aliphatic carbocycles. The van der Waals surface area contributed by atoms with E-state index < -0.39 is 0 Å². The van der Waals surface area contributed by atoms with E-state index in [0.717, 1.165) is 16.6 Å². The van der Waals surface area contributed by atoms with Gasteiger partial charge in [-0.3, -0.25) is 0 Å². The second-order valence-electron chi connectivity index (χ2n) is 3.89. The highest BCUT2D eigenvalue weighted by atomic mass is 127. The maximum atomic E-state index is 4.49. The summed E-state index contributed by atoms with van der Waals surface area (Å²) in [6.07, 6.45) is 1.84. The van der Waals surface area contributed by atoms with Crippen molar-refractivity contribution in [3.8, 4) is 0 Å². The molecule has 0 unspecified atom stereocenters. The number of nitrogens with one attached hydrogen (secondary N) is 1. The molecule has 0 saturated carbocycles. The van der Waals surface area contributed by atoms with E-state index in [1.165, 1.54) is 3.57 Å². The lowest BCUT2D eigenvalue weighted by atomic mass is 10.2. The van der Waals surface area contributed by atoms with Gasteiger partial charge in [-0.15, -0.1) is 0 Å². The molecule has 88 valence electrons. The van der Waals surface area contributed by atoms with Crippen LogP contribution in [0.3, 0.4) is 0 Å². The van der Waals surface area contributed by atoms with Crippen LogP contribution in [0.15, 0.2) is 54.7 Å². The molecule has 3 nitrogen and oxygen atoms in total. The van der Waals surface area contributed by atoms with Crippen LogP contribution in [0.25, 0.3) is 10.9 Å².